The van der Waals surface area contributed by atoms with Gasteiger partial charge in [-0.25, -0.2) is 0 Å². The van der Waals surface area contributed by atoms with Gasteiger partial charge in [0.05, 0.1) is 12.7 Å². The van der Waals surface area contributed by atoms with Crippen LogP contribution in [0.15, 0.2) is 18.2 Å². The highest BCUT2D eigenvalue weighted by molar-refractivity contribution is 5.41. The molecule has 0 spiro atoms. The highest BCUT2D eigenvalue weighted by atomic mass is 16.5. The van der Waals surface area contributed by atoms with E-state index in [2.05, 4.69) is 52.0 Å². The Hall–Kier alpha value is -1.53. The van der Waals surface area contributed by atoms with Crippen molar-refractivity contribution in [3.05, 3.63) is 29.3 Å². The summed E-state index contributed by atoms with van der Waals surface area (Å²) in [5.74, 6) is 0.940. The first kappa shape index (κ1) is 17.5. The molecule has 0 heterocycles. The van der Waals surface area contributed by atoms with Gasteiger partial charge in [-0.05, 0) is 48.8 Å². The number of hydrogen-bond acceptors (Lipinski definition) is 3. The molecule has 3 nitrogen and oxygen atoms in total. The largest absolute Gasteiger partial charge is 0.493 e. The minimum Gasteiger partial charge on any atom is -0.493 e. The van der Waals surface area contributed by atoms with E-state index in [1.54, 1.807) is 6.92 Å². The molecular weight excluding hydrogens is 260 g/mol. The van der Waals surface area contributed by atoms with Crippen molar-refractivity contribution in [2.45, 2.75) is 64.8 Å². The van der Waals surface area contributed by atoms with E-state index in [-0.39, 0.29) is 5.41 Å². The Labute approximate surface area is 129 Å². The number of hydrogen-bond donors (Lipinski definition) is 1. The molecule has 0 aliphatic rings. The second kappa shape index (κ2) is 6.95. The SMILES string of the molecule is CCc1ccc(OCCCC(C)(N)C#N)c(C(C)(C)C)c1. The van der Waals surface area contributed by atoms with Crippen LogP contribution in [0.2, 0.25) is 0 Å². The van der Waals surface area contributed by atoms with Crippen LogP contribution in [0.4, 0.5) is 0 Å². The van der Waals surface area contributed by atoms with Crippen LogP contribution in [0.1, 0.15) is 58.6 Å². The summed E-state index contributed by atoms with van der Waals surface area (Å²) in [5.41, 5.74) is 7.66. The molecule has 1 rings (SSSR count). The van der Waals surface area contributed by atoms with E-state index in [0.29, 0.717) is 13.0 Å². The van der Waals surface area contributed by atoms with Crippen molar-refractivity contribution in [2.24, 2.45) is 5.73 Å². The number of ether oxygens (including phenoxy) is 1. The highest BCUT2D eigenvalue weighted by Gasteiger charge is 2.20. The van der Waals surface area contributed by atoms with Crippen molar-refractivity contribution in [1.82, 2.24) is 0 Å². The number of benzene rings is 1. The zero-order valence-corrected chi connectivity index (χ0v) is 14.0. The van der Waals surface area contributed by atoms with Crippen molar-refractivity contribution in [3.63, 3.8) is 0 Å². The van der Waals surface area contributed by atoms with Crippen LogP contribution in [0, 0.1) is 11.3 Å². The molecule has 0 aliphatic carbocycles. The number of rotatable bonds is 6. The second-order valence-electron chi connectivity index (χ2n) is 6.92. The molecule has 116 valence electrons. The topological polar surface area (TPSA) is 59.0 Å². The lowest BCUT2D eigenvalue weighted by atomic mass is 9.85. The fraction of sp³-hybridized carbons (Fsp3) is 0.611. The van der Waals surface area contributed by atoms with E-state index in [1.807, 2.05) is 0 Å². The van der Waals surface area contributed by atoms with E-state index in [1.165, 1.54) is 11.1 Å². The van der Waals surface area contributed by atoms with Gasteiger partial charge in [0, 0.05) is 0 Å². The summed E-state index contributed by atoms with van der Waals surface area (Å²) in [7, 11) is 0. The Balaban J connectivity index is 2.73. The third-order valence-corrected chi connectivity index (χ3v) is 3.61. The van der Waals surface area contributed by atoms with E-state index >= 15 is 0 Å². The molecule has 0 amide bonds. The molecule has 2 N–H and O–H groups in total. The first-order chi connectivity index (χ1) is 9.69. The molecule has 1 aromatic carbocycles. The molecular formula is C18H28N2O. The smallest absolute Gasteiger partial charge is 0.123 e. The molecule has 0 saturated heterocycles. The van der Waals surface area contributed by atoms with Gasteiger partial charge in [-0.3, -0.25) is 0 Å². The molecule has 0 bridgehead atoms. The van der Waals surface area contributed by atoms with Gasteiger partial charge in [0.25, 0.3) is 0 Å². The summed E-state index contributed by atoms with van der Waals surface area (Å²) in [6.45, 7) is 11.1. The molecule has 0 saturated carbocycles. The van der Waals surface area contributed by atoms with Crippen LogP contribution in [-0.4, -0.2) is 12.1 Å². The molecule has 0 fully saturated rings. The molecule has 0 radical (unpaired) electrons. The standard InChI is InChI=1S/C18H28N2O/c1-6-14-8-9-16(15(12-14)17(2,3)4)21-11-7-10-18(5,20)13-19/h8-9,12H,6-7,10-11,20H2,1-5H3. The second-order valence-corrected chi connectivity index (χ2v) is 6.92. The predicted octanol–water partition coefficient (Wildman–Crippen LogP) is 3.95. The van der Waals surface area contributed by atoms with Gasteiger partial charge in [0.1, 0.15) is 11.3 Å². The van der Waals surface area contributed by atoms with Crippen molar-refractivity contribution in [1.29, 1.82) is 5.26 Å². The molecule has 3 heteroatoms. The molecule has 21 heavy (non-hydrogen) atoms. The van der Waals surface area contributed by atoms with Gasteiger partial charge in [0.2, 0.25) is 0 Å². The Morgan fingerprint density at radius 2 is 1.90 bits per heavy atom. The summed E-state index contributed by atoms with van der Waals surface area (Å²) in [5, 5.41) is 8.90. The summed E-state index contributed by atoms with van der Waals surface area (Å²) in [4.78, 5) is 0. The van der Waals surface area contributed by atoms with E-state index in [0.717, 1.165) is 18.6 Å². The average Bonchev–Trinajstić information content (AvgIpc) is 2.42. The number of aryl methyl sites for hydroxylation is 1. The van der Waals surface area contributed by atoms with Crippen molar-refractivity contribution >= 4 is 0 Å². The predicted molar refractivity (Wildman–Crippen MR) is 87.5 cm³/mol. The van der Waals surface area contributed by atoms with Gasteiger partial charge in [-0.1, -0.05) is 39.8 Å². The molecule has 1 unspecified atom stereocenters. The lowest BCUT2D eigenvalue weighted by Crippen LogP contribution is -2.34. The lowest BCUT2D eigenvalue weighted by Gasteiger charge is -2.24. The van der Waals surface area contributed by atoms with E-state index < -0.39 is 5.54 Å². The van der Waals surface area contributed by atoms with Gasteiger partial charge < -0.3 is 10.5 Å². The maximum Gasteiger partial charge on any atom is 0.123 e. The number of nitriles is 1. The monoisotopic (exact) mass is 288 g/mol. The zero-order chi connectivity index (χ0) is 16.1. The molecule has 1 atom stereocenters. The van der Waals surface area contributed by atoms with Crippen LogP contribution in [0.5, 0.6) is 5.75 Å². The third-order valence-electron chi connectivity index (χ3n) is 3.61. The summed E-state index contributed by atoms with van der Waals surface area (Å²) in [6, 6.07) is 8.53. The minimum atomic E-state index is -0.762. The maximum absolute atomic E-state index is 8.90. The van der Waals surface area contributed by atoms with Crippen molar-refractivity contribution in [2.75, 3.05) is 6.61 Å². The van der Waals surface area contributed by atoms with Crippen LogP contribution in [0.3, 0.4) is 0 Å². The van der Waals surface area contributed by atoms with Crippen molar-refractivity contribution < 1.29 is 4.74 Å². The van der Waals surface area contributed by atoms with Gasteiger partial charge in [-0.15, -0.1) is 0 Å². The van der Waals surface area contributed by atoms with Crippen LogP contribution in [-0.2, 0) is 11.8 Å². The Kier molecular flexibility index (Phi) is 5.80. The van der Waals surface area contributed by atoms with Gasteiger partial charge in [-0.2, -0.15) is 5.26 Å². The van der Waals surface area contributed by atoms with Crippen molar-refractivity contribution in [3.8, 4) is 11.8 Å². The summed E-state index contributed by atoms with van der Waals surface area (Å²) < 4.78 is 5.94. The van der Waals surface area contributed by atoms with Crippen LogP contribution in [0.25, 0.3) is 0 Å². The van der Waals surface area contributed by atoms with E-state index in [9.17, 15) is 0 Å². The first-order valence-electron chi connectivity index (χ1n) is 7.66. The number of nitrogens with two attached hydrogens (primary N) is 1. The Bertz CT molecular complexity index is 507. The lowest BCUT2D eigenvalue weighted by molar-refractivity contribution is 0.289. The van der Waals surface area contributed by atoms with Crippen LogP contribution >= 0.6 is 0 Å². The Morgan fingerprint density at radius 3 is 2.43 bits per heavy atom. The number of nitrogens with zero attached hydrogens (tertiary/aromatic N) is 1. The summed E-state index contributed by atoms with van der Waals surface area (Å²) in [6.07, 6.45) is 2.44. The van der Waals surface area contributed by atoms with Gasteiger partial charge in [0.15, 0.2) is 0 Å². The summed E-state index contributed by atoms with van der Waals surface area (Å²) >= 11 is 0. The quantitative estimate of drug-likeness (QED) is 0.806. The molecule has 1 aromatic rings. The maximum atomic E-state index is 8.90. The minimum absolute atomic E-state index is 0.0511. The van der Waals surface area contributed by atoms with Crippen LogP contribution < -0.4 is 10.5 Å². The fourth-order valence-electron chi connectivity index (χ4n) is 2.19. The normalized spacial score (nSPS) is 14.3. The third kappa shape index (κ3) is 5.40. The Morgan fingerprint density at radius 1 is 1.24 bits per heavy atom. The fourth-order valence-corrected chi connectivity index (χ4v) is 2.19. The first-order valence-corrected chi connectivity index (χ1v) is 7.66. The molecule has 0 aliphatic heterocycles. The molecule has 0 aromatic heterocycles. The van der Waals surface area contributed by atoms with E-state index in [4.69, 9.17) is 15.7 Å². The van der Waals surface area contributed by atoms with Gasteiger partial charge >= 0.3 is 0 Å². The highest BCUT2D eigenvalue weighted by Crippen LogP contribution is 2.32. The average molecular weight is 288 g/mol. The zero-order valence-electron chi connectivity index (χ0n) is 14.0.